The number of aliphatic hydroxyl groups is 12. The summed E-state index contributed by atoms with van der Waals surface area (Å²) >= 11 is 0. The quantitative estimate of drug-likeness (QED) is 0.0699. The Morgan fingerprint density at radius 3 is 1.90 bits per heavy atom. The van der Waals surface area contributed by atoms with Crippen LogP contribution in [0, 0.1) is 16.7 Å². The zero-order valence-electron chi connectivity index (χ0n) is 53.1. The third kappa shape index (κ3) is 16.4. The standard InChI is InChI=1S/C61H88N12O25/c1-24(26-7-3-2-4-8-26)38-54(89)67-29(15-25-11-13-28(14-12-25)93-58-48(85)45(82)50(34(21-76)96-58)98-59-49(86)46(83)51-36(97-59)23-92-22-35(94-51)27-9-5-6-10-27)53(88)71-39(41(78)30-16-65-60(62)69-30)56(91)72-40(55(90)68-31(19-74)52(87)64-18-37(77)70-38)42(79)32-17-66-61(63)73(32)57-47(84)44(81)43(80)33(20-75)95-57/h2-4,7-8,11-14,24,27,29-36,38-51,57-59,74-76,78-86H,5-6,9-10,15-23H2,1H3,(H2,63,66)(H,64,87)(H,67,89)(H,68,90)(H,70,77)(H,71,88)(H,72,91)(H3,62,65,69). The van der Waals surface area contributed by atoms with Crippen LogP contribution in [0.1, 0.15) is 49.7 Å². The Bertz CT molecular complexity index is 3110. The van der Waals surface area contributed by atoms with Crippen LogP contribution in [0.15, 0.2) is 54.6 Å². The second kappa shape index (κ2) is 32.5. The number of hydrogen-bond donors (Lipinski definition) is 23. The van der Waals surface area contributed by atoms with Crippen LogP contribution in [0.2, 0.25) is 0 Å². The first kappa shape index (κ1) is 73.6. The van der Waals surface area contributed by atoms with Crippen molar-refractivity contribution in [1.82, 2.24) is 52.8 Å². The molecule has 1 saturated carbocycles. The Balaban J connectivity index is 0.913. The molecular weight excluding hydrogens is 1300 g/mol. The molecule has 23 N–H and O–H groups in total. The number of benzene rings is 2. The van der Waals surface area contributed by atoms with E-state index < -0.39 is 233 Å². The molecule has 8 aliphatic rings. The number of hydrogen-bond acceptors (Lipinski definition) is 27. The lowest BCUT2D eigenvalue weighted by Crippen LogP contribution is -2.69. The lowest BCUT2D eigenvalue weighted by atomic mass is 9.92. The topological polar surface area (TPSA) is 569 Å². The highest BCUT2D eigenvalue weighted by molar-refractivity contribution is 5.98. The van der Waals surface area contributed by atoms with Crippen molar-refractivity contribution in [2.75, 3.05) is 52.7 Å². The number of rotatable bonds is 17. The Labute approximate surface area is 560 Å². The predicted octanol–water partition coefficient (Wildman–Crippen LogP) is -10.6. The van der Waals surface area contributed by atoms with Crippen LogP contribution in [-0.4, -0.2) is 319 Å². The van der Waals surface area contributed by atoms with Gasteiger partial charge in [0.1, 0.15) is 121 Å². The number of ether oxygens (including phenoxy) is 7. The zero-order valence-corrected chi connectivity index (χ0v) is 53.1. The first-order chi connectivity index (χ1) is 46.9. The number of nitrogens with one attached hydrogen (secondary N) is 11. The molecule has 7 saturated heterocycles. The highest BCUT2D eigenvalue weighted by Gasteiger charge is 2.55. The van der Waals surface area contributed by atoms with Crippen LogP contribution < -0.4 is 52.6 Å². The van der Waals surface area contributed by atoms with Crippen LogP contribution in [0.25, 0.3) is 0 Å². The van der Waals surface area contributed by atoms with Crippen LogP contribution >= 0.6 is 0 Å². The van der Waals surface area contributed by atoms with Crippen molar-refractivity contribution in [2.24, 2.45) is 5.92 Å². The molecule has 26 unspecified atom stereocenters. The fraction of sp³-hybridized carbons (Fsp3) is 0.672. The van der Waals surface area contributed by atoms with E-state index in [1.54, 1.807) is 37.3 Å². The minimum atomic E-state index is -2.35. The minimum Gasteiger partial charge on any atom is -0.462 e. The van der Waals surface area contributed by atoms with E-state index in [0.717, 1.165) is 30.6 Å². The van der Waals surface area contributed by atoms with E-state index in [-0.39, 0.29) is 49.1 Å². The van der Waals surface area contributed by atoms with Crippen LogP contribution in [-0.2, 0) is 63.6 Å². The number of amides is 6. The van der Waals surface area contributed by atoms with E-state index in [2.05, 4.69) is 47.9 Å². The molecule has 1 aliphatic carbocycles. The molecule has 98 heavy (non-hydrogen) atoms. The highest BCUT2D eigenvalue weighted by atomic mass is 16.7. The number of carbonyl (C=O) groups is 6. The largest absolute Gasteiger partial charge is 0.462 e. The van der Waals surface area contributed by atoms with Gasteiger partial charge in [0.05, 0.1) is 57.8 Å². The summed E-state index contributed by atoms with van der Waals surface area (Å²) in [7, 11) is 0. The van der Waals surface area contributed by atoms with Crippen LogP contribution in [0.5, 0.6) is 5.75 Å². The third-order valence-electron chi connectivity index (χ3n) is 19.2. The molecule has 7 aliphatic heterocycles. The van der Waals surface area contributed by atoms with E-state index in [1.165, 1.54) is 24.3 Å². The lowest BCUT2D eigenvalue weighted by molar-refractivity contribution is -0.354. The SMILES string of the molecule is CC(c1ccccc1)C1NC(=O)CNC(=O)C(CO)NC(=O)C(C(O)C2CNC(=N)N2C2OC(CO)C(O)C(O)C2O)NC(=O)C(C(O)C2CNC(=N)N2)NC(=O)C(Cc2ccc(OC3OC(CO)C(OC4OC5COCC(C6CCCC6)OC5C(O)C4O)C(O)C3O)cc2)NC1=O. The van der Waals surface area contributed by atoms with Gasteiger partial charge in [-0.15, -0.1) is 0 Å². The molecule has 8 fully saturated rings. The van der Waals surface area contributed by atoms with Gasteiger partial charge in [-0.1, -0.05) is 62.2 Å². The molecule has 542 valence electrons. The summed E-state index contributed by atoms with van der Waals surface area (Å²) in [6.07, 6.45) is -25.8. The summed E-state index contributed by atoms with van der Waals surface area (Å²) in [5.74, 6) is -8.95. The number of carbonyl (C=O) groups excluding carboxylic acids is 6. The van der Waals surface area contributed by atoms with Crippen molar-refractivity contribution in [1.29, 1.82) is 10.8 Å². The molecule has 26 atom stereocenters. The second-order valence-corrected chi connectivity index (χ2v) is 25.7. The molecular formula is C61H88N12O25. The van der Waals surface area contributed by atoms with Gasteiger partial charge in [0.15, 0.2) is 24.4 Å². The van der Waals surface area contributed by atoms with E-state index >= 15 is 9.59 Å². The smallest absolute Gasteiger partial charge is 0.246 e. The average molecular weight is 1390 g/mol. The van der Waals surface area contributed by atoms with Crippen LogP contribution in [0.3, 0.4) is 0 Å². The zero-order chi connectivity index (χ0) is 70.4. The van der Waals surface area contributed by atoms with Gasteiger partial charge >= 0.3 is 0 Å². The van der Waals surface area contributed by atoms with Crippen molar-refractivity contribution in [3.63, 3.8) is 0 Å². The van der Waals surface area contributed by atoms with E-state index in [4.69, 9.17) is 44.0 Å². The minimum absolute atomic E-state index is 0.0179. The van der Waals surface area contributed by atoms with Gasteiger partial charge in [0, 0.05) is 25.4 Å². The molecule has 2 aromatic carbocycles. The molecule has 6 amide bonds. The molecule has 0 bridgehead atoms. The Kier molecular flexibility index (Phi) is 24.4. The summed E-state index contributed by atoms with van der Waals surface area (Å²) in [5, 5.41) is 173. The number of guanidine groups is 2. The van der Waals surface area contributed by atoms with E-state index in [0.29, 0.717) is 5.56 Å². The number of fused-ring (bicyclic) bond motifs is 1. The van der Waals surface area contributed by atoms with Gasteiger partial charge in [-0.2, -0.15) is 0 Å². The maximum absolute atomic E-state index is 15.2. The van der Waals surface area contributed by atoms with Gasteiger partial charge in [-0.25, -0.2) is 0 Å². The van der Waals surface area contributed by atoms with E-state index in [9.17, 15) is 80.5 Å². The molecule has 2 aromatic rings. The summed E-state index contributed by atoms with van der Waals surface area (Å²) < 4.78 is 41.7. The van der Waals surface area contributed by atoms with Crippen molar-refractivity contribution in [3.05, 3.63) is 65.7 Å². The average Bonchev–Trinajstić information content (AvgIpc) is 1.44. The monoisotopic (exact) mass is 1390 g/mol. The fourth-order valence-corrected chi connectivity index (χ4v) is 13.5. The molecule has 0 spiro atoms. The van der Waals surface area contributed by atoms with Gasteiger partial charge in [0.25, 0.3) is 0 Å². The fourth-order valence-electron chi connectivity index (χ4n) is 13.5. The molecule has 0 radical (unpaired) electrons. The van der Waals surface area contributed by atoms with Crippen molar-refractivity contribution in [3.8, 4) is 5.75 Å². The van der Waals surface area contributed by atoms with Crippen molar-refractivity contribution >= 4 is 47.4 Å². The van der Waals surface area contributed by atoms with Gasteiger partial charge in [0.2, 0.25) is 41.7 Å². The first-order valence-electron chi connectivity index (χ1n) is 32.5. The summed E-state index contributed by atoms with van der Waals surface area (Å²) in [5.41, 5.74) is 0.741. The van der Waals surface area contributed by atoms with Crippen molar-refractivity contribution in [2.45, 2.75) is 198 Å². The second-order valence-electron chi connectivity index (χ2n) is 25.7. The normalized spacial score (nSPS) is 38.3. The van der Waals surface area contributed by atoms with Crippen molar-refractivity contribution < 1.29 is 123 Å². The Morgan fingerprint density at radius 1 is 0.582 bits per heavy atom. The Morgan fingerprint density at radius 2 is 1.22 bits per heavy atom. The van der Waals surface area contributed by atoms with Gasteiger partial charge in [-0.3, -0.25) is 39.6 Å². The first-order valence-corrected chi connectivity index (χ1v) is 32.5. The molecule has 37 heteroatoms. The van der Waals surface area contributed by atoms with Gasteiger partial charge in [-0.05, 0) is 42.0 Å². The highest BCUT2D eigenvalue weighted by Crippen LogP contribution is 2.37. The maximum Gasteiger partial charge on any atom is 0.246 e. The molecule has 37 nitrogen and oxygen atoms in total. The predicted molar refractivity (Wildman–Crippen MR) is 330 cm³/mol. The maximum atomic E-state index is 15.2. The summed E-state index contributed by atoms with van der Waals surface area (Å²) in [4.78, 5) is 88.3. The third-order valence-corrected chi connectivity index (χ3v) is 19.2. The number of nitrogens with zero attached hydrogens (tertiary/aromatic N) is 1. The van der Waals surface area contributed by atoms with Gasteiger partial charge < -0.3 is 147 Å². The summed E-state index contributed by atoms with van der Waals surface area (Å²) in [6, 6.07) is 1.02. The van der Waals surface area contributed by atoms with Crippen LogP contribution in [0.4, 0.5) is 0 Å². The lowest BCUT2D eigenvalue weighted by Gasteiger charge is -2.46. The Hall–Kier alpha value is -7.12. The molecule has 10 rings (SSSR count). The molecule has 7 heterocycles. The molecule has 0 aromatic heterocycles. The van der Waals surface area contributed by atoms with E-state index in [1.807, 2.05) is 0 Å². The number of aliphatic hydroxyl groups excluding tert-OH is 12. The summed E-state index contributed by atoms with van der Waals surface area (Å²) in [6.45, 7) is -2.72.